The van der Waals surface area contributed by atoms with Gasteiger partial charge in [0.05, 0.1) is 11.7 Å². The first-order valence-corrected chi connectivity index (χ1v) is 20.6. The fourth-order valence-corrected chi connectivity index (χ4v) is 9.55. The van der Waals surface area contributed by atoms with E-state index >= 15 is 0 Å². The van der Waals surface area contributed by atoms with Crippen molar-refractivity contribution in [1.82, 2.24) is 4.90 Å². The van der Waals surface area contributed by atoms with Gasteiger partial charge in [-0.15, -0.1) is 0 Å². The Morgan fingerprint density at radius 1 is 0.811 bits per heavy atom. The summed E-state index contributed by atoms with van der Waals surface area (Å²) in [6.07, 6.45) is 29.0. The van der Waals surface area contributed by atoms with Crippen molar-refractivity contribution in [2.45, 2.75) is 95.9 Å². The fourth-order valence-electron chi connectivity index (χ4n) is 9.55. The quantitative estimate of drug-likeness (QED) is 0.110. The third kappa shape index (κ3) is 8.76. The molecule has 2 heteroatoms. The number of aliphatic imine (C=N–C) groups is 1. The van der Waals surface area contributed by atoms with E-state index in [1.54, 1.807) is 11.1 Å². The molecule has 4 unspecified atom stereocenters. The van der Waals surface area contributed by atoms with Crippen molar-refractivity contribution < 1.29 is 0 Å². The molecule has 0 aromatic heterocycles. The highest BCUT2D eigenvalue weighted by Crippen LogP contribution is 2.44. The molecule has 0 N–H and O–H groups in total. The summed E-state index contributed by atoms with van der Waals surface area (Å²) in [6, 6.07) is 29.4. The number of benzene rings is 3. The van der Waals surface area contributed by atoms with Gasteiger partial charge in [-0.3, -0.25) is 9.89 Å². The number of likely N-dealkylation sites (N-methyl/N-ethyl adjacent to an activating group) is 1. The van der Waals surface area contributed by atoms with E-state index in [4.69, 9.17) is 11.6 Å². The molecule has 0 spiro atoms. The van der Waals surface area contributed by atoms with Crippen LogP contribution in [0.25, 0.3) is 16.8 Å². The average molecular weight is 701 g/mol. The van der Waals surface area contributed by atoms with Crippen LogP contribution in [0.1, 0.15) is 113 Å². The largest absolute Gasteiger partial charge is 0.295 e. The summed E-state index contributed by atoms with van der Waals surface area (Å²) in [6.45, 7) is 12.2. The average Bonchev–Trinajstić information content (AvgIpc) is 3.23. The van der Waals surface area contributed by atoms with E-state index < -0.39 is 0 Å². The van der Waals surface area contributed by atoms with Gasteiger partial charge in [-0.25, -0.2) is 0 Å². The van der Waals surface area contributed by atoms with Gasteiger partial charge in [0.2, 0.25) is 0 Å². The number of nitrogens with zero attached hydrogens (tertiary/aromatic N) is 2. The molecule has 274 valence electrons. The molecule has 1 fully saturated rings. The number of allylic oxidation sites excluding steroid dienone is 7. The summed E-state index contributed by atoms with van der Waals surface area (Å²) in [5, 5.41) is 0. The van der Waals surface area contributed by atoms with Gasteiger partial charge in [-0.2, -0.15) is 0 Å². The Kier molecular flexibility index (Phi) is 12.4. The van der Waals surface area contributed by atoms with E-state index in [9.17, 15) is 0 Å². The number of hydrogen-bond donors (Lipinski definition) is 0. The lowest BCUT2D eigenvalue weighted by molar-refractivity contribution is 0.244. The Bertz CT molecular complexity index is 1880. The molecule has 3 aromatic rings. The fraction of sp³-hybridized carbons (Fsp3) is 0.392. The summed E-state index contributed by atoms with van der Waals surface area (Å²) in [5.41, 5.74) is 12.9. The topological polar surface area (TPSA) is 15.6 Å². The predicted octanol–water partition coefficient (Wildman–Crippen LogP) is 13.6. The molecule has 1 aliphatic heterocycles. The predicted molar refractivity (Wildman–Crippen MR) is 228 cm³/mol. The molecule has 3 aromatic carbocycles. The third-order valence-corrected chi connectivity index (χ3v) is 12.7. The molecule has 1 heterocycles. The van der Waals surface area contributed by atoms with Crippen molar-refractivity contribution in [3.05, 3.63) is 162 Å². The van der Waals surface area contributed by atoms with Gasteiger partial charge in [0, 0.05) is 29.7 Å². The third-order valence-electron chi connectivity index (χ3n) is 12.7. The highest BCUT2D eigenvalue weighted by molar-refractivity contribution is 6.05. The molecule has 53 heavy (non-hydrogen) atoms. The maximum absolute atomic E-state index is 5.37. The van der Waals surface area contributed by atoms with Crippen LogP contribution >= 0.6 is 0 Å². The molecule has 1 saturated carbocycles. The van der Waals surface area contributed by atoms with E-state index in [-0.39, 0.29) is 5.92 Å². The van der Waals surface area contributed by atoms with E-state index in [1.165, 1.54) is 73.6 Å². The zero-order chi connectivity index (χ0) is 36.6. The first-order chi connectivity index (χ1) is 26.0. The van der Waals surface area contributed by atoms with Gasteiger partial charge < -0.3 is 0 Å². The minimum Gasteiger partial charge on any atom is -0.295 e. The second kappa shape index (κ2) is 17.7. The zero-order valence-electron chi connectivity index (χ0n) is 32.4. The highest BCUT2D eigenvalue weighted by Gasteiger charge is 2.32. The highest BCUT2D eigenvalue weighted by atomic mass is 15.1. The van der Waals surface area contributed by atoms with Gasteiger partial charge in [0.1, 0.15) is 0 Å². The molecule has 3 aliphatic carbocycles. The summed E-state index contributed by atoms with van der Waals surface area (Å²) < 4.78 is 0. The SMILES string of the molecule is C=C/C=C(/N=C(C(=C)C(C)c1cccc(-c2ccc(C3C(C4CC=C(C5CCCCC5)CC4)=CCCN3C)cc2)c1)C1CC=CCC1)c1ccccc1. The summed E-state index contributed by atoms with van der Waals surface area (Å²) >= 11 is 0. The minimum atomic E-state index is 0.131. The van der Waals surface area contributed by atoms with Crippen LogP contribution in [0.5, 0.6) is 0 Å². The molecule has 0 bridgehead atoms. The van der Waals surface area contributed by atoms with Crippen molar-refractivity contribution in [3.8, 4) is 11.1 Å². The molecule has 0 amide bonds. The lowest BCUT2D eigenvalue weighted by atomic mass is 9.73. The van der Waals surface area contributed by atoms with Crippen molar-refractivity contribution >= 4 is 11.4 Å². The van der Waals surface area contributed by atoms with Crippen molar-refractivity contribution in [1.29, 1.82) is 0 Å². The van der Waals surface area contributed by atoms with Gasteiger partial charge in [0.15, 0.2) is 0 Å². The van der Waals surface area contributed by atoms with Crippen LogP contribution in [-0.4, -0.2) is 24.2 Å². The molecule has 4 aliphatic rings. The van der Waals surface area contributed by atoms with Crippen molar-refractivity contribution in [2.24, 2.45) is 22.7 Å². The smallest absolute Gasteiger partial charge is 0.0705 e. The number of hydrogen-bond acceptors (Lipinski definition) is 2. The number of rotatable bonds is 11. The van der Waals surface area contributed by atoms with Gasteiger partial charge >= 0.3 is 0 Å². The molecular formula is C51H60N2. The van der Waals surface area contributed by atoms with Crippen LogP contribution in [0, 0.1) is 17.8 Å². The molecule has 0 saturated heterocycles. The van der Waals surface area contributed by atoms with Crippen LogP contribution in [0.3, 0.4) is 0 Å². The molecule has 4 atom stereocenters. The van der Waals surface area contributed by atoms with E-state index in [2.05, 4.69) is 129 Å². The Morgan fingerprint density at radius 2 is 1.62 bits per heavy atom. The summed E-state index contributed by atoms with van der Waals surface area (Å²) in [4.78, 5) is 7.96. The molecular weight excluding hydrogens is 641 g/mol. The monoisotopic (exact) mass is 700 g/mol. The van der Waals surface area contributed by atoms with E-state index in [0.717, 1.165) is 60.7 Å². The lowest BCUT2D eigenvalue weighted by Crippen LogP contribution is -2.33. The minimum absolute atomic E-state index is 0.131. The Labute approximate surface area is 320 Å². The Morgan fingerprint density at radius 3 is 2.34 bits per heavy atom. The van der Waals surface area contributed by atoms with Crippen LogP contribution < -0.4 is 0 Å². The van der Waals surface area contributed by atoms with Gasteiger partial charge in [0.25, 0.3) is 0 Å². The van der Waals surface area contributed by atoms with Crippen LogP contribution in [0.15, 0.2) is 150 Å². The van der Waals surface area contributed by atoms with Crippen LogP contribution in [0.4, 0.5) is 0 Å². The standard InChI is InChI=1S/C51H60N2/c1-5-17-49(43-20-11-7-12-21-43)52-50(44-22-13-8-14-23-44)38(3)37(2)46-24-15-25-47(36-46)41-29-33-45(34-30-41)51-48(26-16-35-53(51)4)42-31-27-40(28-32-42)39-18-9-6-10-19-39/h5,7-8,11-13,15,17,20-21,24-27,29-30,33-34,36-37,39,42,44,51H,1,3,6,9-10,14,16,18-19,22-23,28,31-32,35H2,2,4H3/b49-17+,52-50?. The van der Waals surface area contributed by atoms with Crippen molar-refractivity contribution in [2.75, 3.05) is 13.6 Å². The Balaban J connectivity index is 1.10. The summed E-state index contributed by atoms with van der Waals surface area (Å²) in [7, 11) is 2.33. The maximum Gasteiger partial charge on any atom is 0.0705 e. The Hall–Kier alpha value is -4.27. The van der Waals surface area contributed by atoms with Crippen LogP contribution in [0.2, 0.25) is 0 Å². The zero-order valence-corrected chi connectivity index (χ0v) is 32.4. The first kappa shape index (κ1) is 37.1. The van der Waals surface area contributed by atoms with Gasteiger partial charge in [-0.05, 0) is 116 Å². The van der Waals surface area contributed by atoms with E-state index in [1.807, 2.05) is 12.2 Å². The lowest BCUT2D eigenvalue weighted by Gasteiger charge is -2.39. The maximum atomic E-state index is 5.37. The van der Waals surface area contributed by atoms with Crippen molar-refractivity contribution in [3.63, 3.8) is 0 Å². The second-order valence-corrected chi connectivity index (χ2v) is 16.1. The second-order valence-electron chi connectivity index (χ2n) is 16.1. The normalized spacial score (nSPS) is 23.9. The molecule has 0 radical (unpaired) electrons. The molecule has 2 nitrogen and oxygen atoms in total. The van der Waals surface area contributed by atoms with E-state index in [0.29, 0.717) is 17.9 Å². The molecule has 7 rings (SSSR count). The van der Waals surface area contributed by atoms with Gasteiger partial charge in [-0.1, -0.05) is 154 Å². The summed E-state index contributed by atoms with van der Waals surface area (Å²) in [5.74, 6) is 2.01. The first-order valence-electron chi connectivity index (χ1n) is 20.6. The van der Waals surface area contributed by atoms with Crippen LogP contribution in [-0.2, 0) is 0 Å².